The van der Waals surface area contributed by atoms with Crippen molar-refractivity contribution < 1.29 is 14.3 Å². The van der Waals surface area contributed by atoms with Gasteiger partial charge in [-0.2, -0.15) is 5.01 Å². The van der Waals surface area contributed by atoms with Crippen molar-refractivity contribution in [3.05, 3.63) is 69.0 Å². The van der Waals surface area contributed by atoms with Crippen LogP contribution in [0.4, 0.5) is 0 Å². The van der Waals surface area contributed by atoms with Gasteiger partial charge in [0.05, 0.1) is 12.0 Å². The number of amides is 2. The molecule has 2 aromatic carbocycles. The number of hydrogen-bond acceptors (Lipinski definition) is 5. The van der Waals surface area contributed by atoms with E-state index in [1.165, 1.54) is 0 Å². The van der Waals surface area contributed by atoms with E-state index in [0.29, 0.717) is 10.5 Å². The summed E-state index contributed by atoms with van der Waals surface area (Å²) in [5.74, 6) is -0.0303. The molecule has 3 rings (SSSR count). The molecule has 26 heavy (non-hydrogen) atoms. The number of benzene rings is 2. The molecule has 1 saturated heterocycles. The second-order valence-electron chi connectivity index (χ2n) is 5.24. The van der Waals surface area contributed by atoms with Gasteiger partial charge in [0.25, 0.3) is 11.8 Å². The molecule has 1 aliphatic heterocycles. The third-order valence-corrected chi connectivity index (χ3v) is 5.36. The Balaban J connectivity index is 1.74. The zero-order chi connectivity index (χ0) is 18.7. The molecule has 0 radical (unpaired) electrons. The van der Waals surface area contributed by atoms with Crippen LogP contribution in [0.3, 0.4) is 0 Å². The van der Waals surface area contributed by atoms with Gasteiger partial charge in [0.1, 0.15) is 5.75 Å². The highest BCUT2D eigenvalue weighted by Gasteiger charge is 2.33. The zero-order valence-corrected chi connectivity index (χ0v) is 16.8. The summed E-state index contributed by atoms with van der Waals surface area (Å²) in [4.78, 5) is 25.3. The molecule has 0 saturated carbocycles. The van der Waals surface area contributed by atoms with Crippen LogP contribution in [0.2, 0.25) is 0 Å². The summed E-state index contributed by atoms with van der Waals surface area (Å²) >= 11 is 9.68. The first-order valence-electron chi connectivity index (χ1n) is 7.46. The van der Waals surface area contributed by atoms with E-state index in [2.05, 4.69) is 21.4 Å². The average molecular weight is 449 g/mol. The Labute approximate surface area is 168 Å². The highest BCUT2D eigenvalue weighted by molar-refractivity contribution is 9.10. The highest BCUT2D eigenvalue weighted by atomic mass is 79.9. The van der Waals surface area contributed by atoms with E-state index in [1.54, 1.807) is 37.5 Å². The number of hydrazine groups is 1. The zero-order valence-electron chi connectivity index (χ0n) is 13.6. The van der Waals surface area contributed by atoms with Crippen LogP contribution >= 0.6 is 39.9 Å². The van der Waals surface area contributed by atoms with Crippen LogP contribution in [-0.2, 0) is 4.79 Å². The fraction of sp³-hybridized carbons (Fsp3) is 0.0556. The highest BCUT2D eigenvalue weighted by Crippen LogP contribution is 2.31. The molecular weight excluding hydrogens is 436 g/mol. The second kappa shape index (κ2) is 8.03. The number of thioether (sulfide) groups is 1. The lowest BCUT2D eigenvalue weighted by Gasteiger charge is -2.15. The Morgan fingerprint density at radius 2 is 1.85 bits per heavy atom. The summed E-state index contributed by atoms with van der Waals surface area (Å²) in [5.41, 5.74) is 3.83. The molecule has 0 aromatic heterocycles. The molecule has 0 atom stereocenters. The van der Waals surface area contributed by atoms with Gasteiger partial charge in [-0.3, -0.25) is 15.0 Å². The van der Waals surface area contributed by atoms with Crippen LogP contribution in [-0.4, -0.2) is 28.3 Å². The van der Waals surface area contributed by atoms with Gasteiger partial charge in [0, 0.05) is 10.0 Å². The van der Waals surface area contributed by atoms with Crippen LogP contribution < -0.4 is 10.2 Å². The average Bonchev–Trinajstić information content (AvgIpc) is 2.90. The van der Waals surface area contributed by atoms with Gasteiger partial charge < -0.3 is 4.74 Å². The van der Waals surface area contributed by atoms with Gasteiger partial charge in [-0.1, -0.05) is 39.8 Å². The molecule has 0 bridgehead atoms. The van der Waals surface area contributed by atoms with Gasteiger partial charge in [-0.25, -0.2) is 0 Å². The predicted octanol–water partition coefficient (Wildman–Crippen LogP) is 4.00. The molecule has 2 amide bonds. The van der Waals surface area contributed by atoms with Crippen LogP contribution in [0, 0.1) is 0 Å². The number of halogens is 1. The minimum Gasteiger partial charge on any atom is -0.497 e. The second-order valence-corrected chi connectivity index (χ2v) is 7.83. The monoisotopic (exact) mass is 448 g/mol. The molecule has 5 nitrogen and oxygen atoms in total. The predicted molar refractivity (Wildman–Crippen MR) is 110 cm³/mol. The van der Waals surface area contributed by atoms with Crippen molar-refractivity contribution in [3.8, 4) is 5.75 Å². The number of carbonyl (C=O) groups excluding carboxylic acids is 2. The molecule has 0 aliphatic carbocycles. The fourth-order valence-electron chi connectivity index (χ4n) is 2.18. The normalized spacial score (nSPS) is 15.5. The van der Waals surface area contributed by atoms with E-state index in [0.717, 1.165) is 32.6 Å². The van der Waals surface area contributed by atoms with Crippen molar-refractivity contribution in [3.63, 3.8) is 0 Å². The van der Waals surface area contributed by atoms with Crippen LogP contribution in [0.1, 0.15) is 15.9 Å². The maximum Gasteiger partial charge on any atom is 0.285 e. The van der Waals surface area contributed by atoms with Gasteiger partial charge in [0.2, 0.25) is 0 Å². The first-order chi connectivity index (χ1) is 12.5. The molecule has 0 unspecified atom stereocenters. The first-order valence-corrected chi connectivity index (χ1v) is 9.48. The number of ether oxygens (including phenoxy) is 1. The smallest absolute Gasteiger partial charge is 0.285 e. The van der Waals surface area contributed by atoms with E-state index in [4.69, 9.17) is 17.0 Å². The summed E-state index contributed by atoms with van der Waals surface area (Å²) in [5, 5.41) is 1.10. The van der Waals surface area contributed by atoms with Crippen molar-refractivity contribution in [2.45, 2.75) is 0 Å². The van der Waals surface area contributed by atoms with Crippen LogP contribution in [0.25, 0.3) is 6.08 Å². The van der Waals surface area contributed by atoms with Gasteiger partial charge in [0.15, 0.2) is 4.32 Å². The molecule has 1 N–H and O–H groups in total. The Morgan fingerprint density at radius 1 is 1.19 bits per heavy atom. The number of nitrogens with one attached hydrogen (secondary N) is 1. The maximum absolute atomic E-state index is 12.6. The lowest BCUT2D eigenvalue weighted by atomic mass is 10.2. The topological polar surface area (TPSA) is 58.6 Å². The van der Waals surface area contributed by atoms with Gasteiger partial charge in [-0.05, 0) is 60.3 Å². The van der Waals surface area contributed by atoms with Gasteiger partial charge in [-0.15, -0.1) is 0 Å². The lowest BCUT2D eigenvalue weighted by molar-refractivity contribution is -0.123. The summed E-state index contributed by atoms with van der Waals surface area (Å²) in [7, 11) is 1.59. The van der Waals surface area contributed by atoms with Crippen molar-refractivity contribution in [2.75, 3.05) is 7.11 Å². The summed E-state index contributed by atoms with van der Waals surface area (Å²) in [6, 6.07) is 14.1. The molecule has 8 heteroatoms. The van der Waals surface area contributed by atoms with E-state index >= 15 is 0 Å². The Bertz CT molecular complexity index is 896. The van der Waals surface area contributed by atoms with Gasteiger partial charge >= 0.3 is 0 Å². The third kappa shape index (κ3) is 4.14. The minimum atomic E-state index is -0.403. The number of thiocarbonyl (C=S) groups is 1. The Morgan fingerprint density at radius 3 is 2.46 bits per heavy atom. The fourth-order valence-corrected chi connectivity index (χ4v) is 3.63. The number of methoxy groups -OCH3 is 1. The van der Waals surface area contributed by atoms with E-state index in [1.807, 2.05) is 24.3 Å². The number of hydrogen-bond donors (Lipinski definition) is 1. The molecule has 0 spiro atoms. The molecule has 1 heterocycles. The Kier molecular flexibility index (Phi) is 5.75. The standard InChI is InChI=1S/C18H13BrN2O3S2/c1-24-14-8-2-11(3-9-14)10-15-17(23)21(18(25)26-15)20-16(22)12-4-6-13(19)7-5-12/h2-10H,1H3,(H,20,22). The molecule has 2 aromatic rings. The number of rotatable bonds is 4. The molecule has 132 valence electrons. The summed E-state index contributed by atoms with van der Waals surface area (Å²) in [6.07, 6.45) is 1.73. The van der Waals surface area contributed by atoms with E-state index in [9.17, 15) is 9.59 Å². The van der Waals surface area contributed by atoms with Crippen molar-refractivity contribution in [1.82, 2.24) is 10.4 Å². The van der Waals surface area contributed by atoms with Crippen LogP contribution in [0.15, 0.2) is 57.9 Å². The number of nitrogens with zero attached hydrogens (tertiary/aromatic N) is 1. The molecular formula is C18H13BrN2O3S2. The SMILES string of the molecule is COc1ccc(C=C2SC(=S)N(NC(=O)c3ccc(Br)cc3)C2=O)cc1. The summed E-state index contributed by atoms with van der Waals surface area (Å²) in [6.45, 7) is 0. The van der Waals surface area contributed by atoms with Crippen molar-refractivity contribution >= 4 is 62.1 Å². The molecule has 1 fully saturated rings. The van der Waals surface area contributed by atoms with E-state index in [-0.39, 0.29) is 10.2 Å². The van der Waals surface area contributed by atoms with Crippen molar-refractivity contribution in [1.29, 1.82) is 0 Å². The quantitative estimate of drug-likeness (QED) is 0.565. The largest absolute Gasteiger partial charge is 0.497 e. The first kappa shape index (κ1) is 18.6. The third-order valence-electron chi connectivity index (χ3n) is 3.53. The van der Waals surface area contributed by atoms with E-state index < -0.39 is 5.91 Å². The Hall–Kier alpha value is -2.16. The minimum absolute atomic E-state index is 0.278. The van der Waals surface area contributed by atoms with Crippen LogP contribution in [0.5, 0.6) is 5.75 Å². The number of carbonyl (C=O) groups is 2. The maximum atomic E-state index is 12.6. The molecule has 1 aliphatic rings. The summed E-state index contributed by atoms with van der Waals surface area (Å²) < 4.78 is 6.26. The lowest BCUT2D eigenvalue weighted by Crippen LogP contribution is -2.44. The van der Waals surface area contributed by atoms with Crippen molar-refractivity contribution in [2.24, 2.45) is 0 Å².